The number of pyridine rings is 1. The van der Waals surface area contributed by atoms with Crippen molar-refractivity contribution < 1.29 is 13.9 Å². The summed E-state index contributed by atoms with van der Waals surface area (Å²) in [7, 11) is 1.74. The second-order valence-corrected chi connectivity index (χ2v) is 9.61. The number of carbonyl (C=O) groups is 1. The largest absolute Gasteiger partial charge is 0.457 e. The maximum absolute atomic E-state index is 15.5. The average molecular weight is 556 g/mol. The summed E-state index contributed by atoms with van der Waals surface area (Å²) in [6.45, 7) is 8.98. The number of hydrogen-bond donors (Lipinski definition) is 3. The molecule has 0 radical (unpaired) electrons. The number of piperazine rings is 1. The molecule has 4 aromatic rings. The quantitative estimate of drug-likeness (QED) is 0.180. The number of anilines is 4. The van der Waals surface area contributed by atoms with E-state index >= 15 is 4.39 Å². The monoisotopic (exact) mass is 555 g/mol. The number of carbonyl (C=O) groups excluding carboxylic acids is 1. The van der Waals surface area contributed by atoms with Crippen molar-refractivity contribution in [2.45, 2.75) is 19.9 Å². The van der Waals surface area contributed by atoms with Crippen molar-refractivity contribution in [1.82, 2.24) is 19.9 Å². The van der Waals surface area contributed by atoms with Gasteiger partial charge in [-0.15, -0.1) is 0 Å². The molecule has 1 fully saturated rings. The van der Waals surface area contributed by atoms with Crippen LogP contribution in [0.4, 0.5) is 33.1 Å². The molecule has 1 aliphatic heterocycles. The Labute approximate surface area is 236 Å². The van der Waals surface area contributed by atoms with Crippen molar-refractivity contribution in [2.24, 2.45) is 5.11 Å². The topological polar surface area (TPSA) is 132 Å². The third kappa shape index (κ3) is 5.49. The first-order valence-electron chi connectivity index (χ1n) is 13.1. The zero-order valence-corrected chi connectivity index (χ0v) is 23.0. The van der Waals surface area contributed by atoms with E-state index in [1.54, 1.807) is 49.2 Å². The number of nitrogens with zero attached hydrogens (tertiary/aromatic N) is 6. The van der Waals surface area contributed by atoms with Gasteiger partial charge in [0.05, 0.1) is 16.9 Å². The van der Waals surface area contributed by atoms with E-state index in [4.69, 9.17) is 15.3 Å². The summed E-state index contributed by atoms with van der Waals surface area (Å²) in [5.74, 6) is 1.26. The van der Waals surface area contributed by atoms with Crippen LogP contribution in [0.3, 0.4) is 0 Å². The molecule has 1 atom stereocenters. The van der Waals surface area contributed by atoms with Gasteiger partial charge in [0.2, 0.25) is 5.91 Å². The van der Waals surface area contributed by atoms with Crippen molar-refractivity contribution in [3.05, 3.63) is 72.8 Å². The van der Waals surface area contributed by atoms with Gasteiger partial charge in [-0.2, -0.15) is 5.11 Å². The molecule has 3 heterocycles. The highest BCUT2D eigenvalue weighted by Crippen LogP contribution is 2.36. The van der Waals surface area contributed by atoms with Crippen LogP contribution in [0.1, 0.15) is 12.5 Å². The van der Waals surface area contributed by atoms with E-state index in [1.165, 1.54) is 12.4 Å². The van der Waals surface area contributed by atoms with Crippen molar-refractivity contribution in [3.63, 3.8) is 0 Å². The number of amides is 1. The molecule has 210 valence electrons. The first-order chi connectivity index (χ1) is 19.8. The summed E-state index contributed by atoms with van der Waals surface area (Å²) in [6.07, 6.45) is 2.74. The maximum Gasteiger partial charge on any atom is 0.246 e. The normalized spacial score (nSPS) is 15.0. The number of benzene rings is 2. The number of nitrogens with one attached hydrogen (secondary N) is 3. The fourth-order valence-corrected chi connectivity index (χ4v) is 4.82. The maximum atomic E-state index is 15.5. The molecule has 0 unspecified atom stereocenters. The predicted molar refractivity (Wildman–Crippen MR) is 156 cm³/mol. The highest BCUT2D eigenvalue weighted by atomic mass is 19.1. The summed E-state index contributed by atoms with van der Waals surface area (Å²) in [5, 5.41) is 9.54. The van der Waals surface area contributed by atoms with Crippen molar-refractivity contribution >= 4 is 45.6 Å². The second kappa shape index (κ2) is 11.5. The number of fused-ring (bicyclic) bond motifs is 1. The molecule has 2 aromatic carbocycles. The van der Waals surface area contributed by atoms with Crippen LogP contribution in [0.25, 0.3) is 11.0 Å². The first-order valence-corrected chi connectivity index (χ1v) is 13.1. The van der Waals surface area contributed by atoms with Gasteiger partial charge in [-0.25, -0.2) is 24.9 Å². The molecule has 11 nitrogen and oxygen atoms in total. The Morgan fingerprint density at radius 3 is 2.73 bits per heavy atom. The van der Waals surface area contributed by atoms with Crippen LogP contribution in [0, 0.1) is 18.3 Å². The fourth-order valence-electron chi connectivity index (χ4n) is 4.82. The zero-order chi connectivity index (χ0) is 29.1. The smallest absolute Gasteiger partial charge is 0.246 e. The van der Waals surface area contributed by atoms with Crippen LogP contribution in [0.2, 0.25) is 0 Å². The van der Waals surface area contributed by atoms with Gasteiger partial charge >= 0.3 is 0 Å². The van der Waals surface area contributed by atoms with E-state index < -0.39 is 5.82 Å². The van der Waals surface area contributed by atoms with Crippen LogP contribution in [0.5, 0.6) is 11.5 Å². The third-order valence-electron chi connectivity index (χ3n) is 7.05. The molecule has 2 aromatic heterocycles. The average Bonchev–Trinajstić information content (AvgIpc) is 3.00. The Kier molecular flexibility index (Phi) is 7.72. The molecule has 1 aliphatic rings. The van der Waals surface area contributed by atoms with E-state index in [0.29, 0.717) is 64.9 Å². The van der Waals surface area contributed by atoms with E-state index in [-0.39, 0.29) is 17.6 Å². The molecule has 1 saturated heterocycles. The van der Waals surface area contributed by atoms with Crippen LogP contribution in [-0.2, 0) is 4.79 Å². The van der Waals surface area contributed by atoms with Gasteiger partial charge in [0, 0.05) is 44.4 Å². The Morgan fingerprint density at radius 2 is 2.00 bits per heavy atom. The van der Waals surface area contributed by atoms with Gasteiger partial charge in [0.25, 0.3) is 0 Å². The van der Waals surface area contributed by atoms with E-state index in [9.17, 15) is 4.79 Å². The van der Waals surface area contributed by atoms with E-state index in [0.717, 1.165) is 5.82 Å². The molecular formula is C29H30FN9O2. The van der Waals surface area contributed by atoms with Gasteiger partial charge in [0.1, 0.15) is 34.8 Å². The number of rotatable bonds is 8. The highest BCUT2D eigenvalue weighted by Gasteiger charge is 2.27. The summed E-state index contributed by atoms with van der Waals surface area (Å²) in [6, 6.07) is 12.0. The summed E-state index contributed by atoms with van der Waals surface area (Å²) in [5.41, 5.74) is 10.1. The number of halogens is 1. The minimum absolute atomic E-state index is 0.0108. The SMILES string of the molecule is C=CC(=O)N1CCN(c2ccc3ncnc(Nc4ccc(Oc5ccc(NC)c(N=N)c5)c(C)c4F)c3n2)C[C@H]1C. The van der Waals surface area contributed by atoms with Gasteiger partial charge in [-0.3, -0.25) is 4.79 Å². The summed E-state index contributed by atoms with van der Waals surface area (Å²) in [4.78, 5) is 29.5. The van der Waals surface area contributed by atoms with Crippen molar-refractivity contribution in [3.8, 4) is 11.5 Å². The number of aromatic nitrogens is 3. The highest BCUT2D eigenvalue weighted by molar-refractivity contribution is 5.89. The lowest BCUT2D eigenvalue weighted by Crippen LogP contribution is -2.53. The van der Waals surface area contributed by atoms with Gasteiger partial charge in [-0.05, 0) is 56.3 Å². The lowest BCUT2D eigenvalue weighted by molar-refractivity contribution is -0.128. The Bertz CT molecular complexity index is 1640. The molecule has 3 N–H and O–H groups in total. The molecule has 41 heavy (non-hydrogen) atoms. The molecule has 0 saturated carbocycles. The minimum Gasteiger partial charge on any atom is -0.457 e. The zero-order valence-electron chi connectivity index (χ0n) is 23.0. The minimum atomic E-state index is -0.500. The van der Waals surface area contributed by atoms with Crippen molar-refractivity contribution in [2.75, 3.05) is 42.2 Å². The van der Waals surface area contributed by atoms with E-state index in [2.05, 4.69) is 37.2 Å². The van der Waals surface area contributed by atoms with Gasteiger partial charge in [0.15, 0.2) is 11.6 Å². The van der Waals surface area contributed by atoms with Crippen LogP contribution < -0.4 is 20.3 Å². The number of hydrogen-bond acceptors (Lipinski definition) is 10. The lowest BCUT2D eigenvalue weighted by atomic mass is 10.1. The molecular weight excluding hydrogens is 525 g/mol. The Balaban J connectivity index is 1.39. The summed E-state index contributed by atoms with van der Waals surface area (Å²) >= 11 is 0. The van der Waals surface area contributed by atoms with Gasteiger partial charge < -0.3 is 25.2 Å². The van der Waals surface area contributed by atoms with Crippen LogP contribution >= 0.6 is 0 Å². The molecule has 12 heteroatoms. The lowest BCUT2D eigenvalue weighted by Gasteiger charge is -2.40. The van der Waals surface area contributed by atoms with E-state index in [1.807, 2.05) is 19.1 Å². The molecule has 0 spiro atoms. The molecule has 1 amide bonds. The Morgan fingerprint density at radius 1 is 1.20 bits per heavy atom. The Hall–Kier alpha value is -5.13. The third-order valence-corrected chi connectivity index (χ3v) is 7.05. The molecule has 0 bridgehead atoms. The summed E-state index contributed by atoms with van der Waals surface area (Å²) < 4.78 is 21.5. The first kappa shape index (κ1) is 27.4. The molecule has 0 aliphatic carbocycles. The fraction of sp³-hybridized carbons (Fsp3) is 0.241. The number of ether oxygens (including phenoxy) is 1. The predicted octanol–water partition coefficient (Wildman–Crippen LogP) is 5.94. The van der Waals surface area contributed by atoms with Crippen LogP contribution in [0.15, 0.2) is 66.6 Å². The molecule has 5 rings (SSSR count). The standard InChI is InChI=1S/C29H30FN9O2/c1-5-26(40)39-13-12-38(15-17(39)2)25-11-9-22-28(36-25)29(34-16-33-22)35-21-8-10-24(18(3)27(21)30)41-19-6-7-20(32-4)23(14-19)37-31/h5-11,14,16-17,31-32H,1,12-13,15H2,2-4H3,(H,33,34,35)/t17-/m1/s1. The van der Waals surface area contributed by atoms with Gasteiger partial charge in [-0.1, -0.05) is 6.58 Å². The van der Waals surface area contributed by atoms with Crippen molar-refractivity contribution in [1.29, 1.82) is 5.53 Å². The van der Waals surface area contributed by atoms with Crippen LogP contribution in [-0.4, -0.2) is 58.5 Å². The second-order valence-electron chi connectivity index (χ2n) is 9.61.